The van der Waals surface area contributed by atoms with E-state index in [1.807, 2.05) is 56.3 Å². The van der Waals surface area contributed by atoms with E-state index < -0.39 is 6.10 Å². The minimum absolute atomic E-state index is 0.532. The highest BCUT2D eigenvalue weighted by molar-refractivity contribution is 5.48. The zero-order valence-electron chi connectivity index (χ0n) is 13.8. The topological polar surface area (TPSA) is 46.8 Å². The number of aliphatic hydroxyl groups is 1. The van der Waals surface area contributed by atoms with Crippen LogP contribution >= 0.6 is 0 Å². The molecule has 3 rings (SSSR count). The summed E-state index contributed by atoms with van der Waals surface area (Å²) < 4.78 is 7.50. The third-order valence-electron chi connectivity index (χ3n) is 4.20. The van der Waals surface area contributed by atoms with Gasteiger partial charge in [-0.1, -0.05) is 31.2 Å². The van der Waals surface area contributed by atoms with Crippen LogP contribution in [0.4, 0.5) is 0 Å². The van der Waals surface area contributed by atoms with E-state index in [1.54, 1.807) is 7.11 Å². The van der Waals surface area contributed by atoms with Crippen molar-refractivity contribution in [3.63, 3.8) is 0 Å². The highest BCUT2D eigenvalue weighted by Crippen LogP contribution is 2.28. The number of benzene rings is 1. The summed E-state index contributed by atoms with van der Waals surface area (Å²) in [5.41, 5.74) is 4.80. The molecule has 1 unspecified atom stereocenters. The molecule has 1 aromatic carbocycles. The van der Waals surface area contributed by atoms with Crippen molar-refractivity contribution in [3.8, 4) is 5.75 Å². The molecule has 0 amide bonds. The molecular weight excluding hydrogens is 288 g/mol. The summed E-state index contributed by atoms with van der Waals surface area (Å²) in [5.74, 6) is 0.846. The molecule has 120 valence electrons. The van der Waals surface area contributed by atoms with Gasteiger partial charge in [-0.3, -0.25) is 4.40 Å². The van der Waals surface area contributed by atoms with Crippen LogP contribution < -0.4 is 4.74 Å². The Bertz CT molecular complexity index is 823. The number of aryl methyl sites for hydroxylation is 1. The molecule has 0 aliphatic carbocycles. The molecular formula is C19H22N2O2. The largest absolute Gasteiger partial charge is 0.496 e. The maximum Gasteiger partial charge on any atom is 0.137 e. The van der Waals surface area contributed by atoms with E-state index in [4.69, 9.17) is 9.72 Å². The Hall–Kier alpha value is -2.33. The van der Waals surface area contributed by atoms with Crippen LogP contribution in [0.2, 0.25) is 0 Å². The summed E-state index contributed by atoms with van der Waals surface area (Å²) in [5, 5.41) is 10.5. The highest BCUT2D eigenvalue weighted by Gasteiger charge is 2.20. The van der Waals surface area contributed by atoms with Gasteiger partial charge in [-0.05, 0) is 31.5 Å². The molecule has 0 aliphatic rings. The van der Waals surface area contributed by atoms with Crippen molar-refractivity contribution in [3.05, 3.63) is 65.1 Å². The second kappa shape index (κ2) is 6.42. The smallest absolute Gasteiger partial charge is 0.137 e. The number of rotatable bonds is 5. The molecule has 0 saturated carbocycles. The summed E-state index contributed by atoms with van der Waals surface area (Å²) in [7, 11) is 1.68. The highest BCUT2D eigenvalue weighted by atomic mass is 16.5. The van der Waals surface area contributed by atoms with Crippen LogP contribution in [0.25, 0.3) is 5.65 Å². The number of ether oxygens (including phenoxy) is 1. The molecule has 2 aromatic heterocycles. The molecule has 0 saturated heterocycles. The van der Waals surface area contributed by atoms with E-state index in [1.165, 1.54) is 0 Å². The Morgan fingerprint density at radius 2 is 1.96 bits per heavy atom. The van der Waals surface area contributed by atoms with E-state index in [0.29, 0.717) is 12.8 Å². The van der Waals surface area contributed by atoms with Crippen molar-refractivity contribution in [2.24, 2.45) is 0 Å². The van der Waals surface area contributed by atoms with Crippen molar-refractivity contribution in [2.45, 2.75) is 32.8 Å². The quantitative estimate of drug-likeness (QED) is 0.782. The average Bonchev–Trinajstić information content (AvgIpc) is 2.94. The van der Waals surface area contributed by atoms with Gasteiger partial charge >= 0.3 is 0 Å². The van der Waals surface area contributed by atoms with Crippen LogP contribution in [0, 0.1) is 6.92 Å². The van der Waals surface area contributed by atoms with Crippen LogP contribution in [0.15, 0.2) is 42.5 Å². The number of hydrogen-bond acceptors (Lipinski definition) is 3. The van der Waals surface area contributed by atoms with E-state index in [0.717, 1.165) is 34.0 Å². The van der Waals surface area contributed by atoms with Gasteiger partial charge < -0.3 is 9.84 Å². The van der Waals surface area contributed by atoms with Crippen LogP contribution in [0.1, 0.15) is 42.1 Å². The lowest BCUT2D eigenvalue weighted by molar-refractivity contribution is 0.166. The Morgan fingerprint density at radius 3 is 2.70 bits per heavy atom. The van der Waals surface area contributed by atoms with Gasteiger partial charge in [-0.2, -0.15) is 0 Å². The van der Waals surface area contributed by atoms with Crippen LogP contribution in [0.3, 0.4) is 0 Å². The van der Waals surface area contributed by atoms with E-state index >= 15 is 0 Å². The van der Waals surface area contributed by atoms with Crippen molar-refractivity contribution in [1.29, 1.82) is 0 Å². The van der Waals surface area contributed by atoms with Crippen molar-refractivity contribution in [1.82, 2.24) is 9.38 Å². The third kappa shape index (κ3) is 2.82. The van der Waals surface area contributed by atoms with Crippen LogP contribution in [-0.4, -0.2) is 21.6 Å². The minimum atomic E-state index is -0.532. The first kappa shape index (κ1) is 15.6. The first-order chi connectivity index (χ1) is 11.2. The molecule has 4 heteroatoms. The second-order valence-electron chi connectivity index (χ2n) is 5.72. The SMILES string of the molecule is CCC(O)c1c(Cc2ccccc2OC)nc2cccc(C)n12. The van der Waals surface area contributed by atoms with Crippen molar-refractivity contribution < 1.29 is 9.84 Å². The summed E-state index contributed by atoms with van der Waals surface area (Å²) in [6, 6.07) is 13.9. The predicted octanol–water partition coefficient (Wildman–Crippen LogP) is 3.69. The fourth-order valence-corrected chi connectivity index (χ4v) is 3.02. The summed E-state index contributed by atoms with van der Waals surface area (Å²) >= 11 is 0. The Labute approximate surface area is 136 Å². The van der Waals surface area contributed by atoms with E-state index in [2.05, 4.69) is 4.40 Å². The van der Waals surface area contributed by atoms with Gasteiger partial charge in [0.05, 0.1) is 24.6 Å². The average molecular weight is 310 g/mol. The van der Waals surface area contributed by atoms with Gasteiger partial charge in [-0.25, -0.2) is 4.98 Å². The Balaban J connectivity index is 2.15. The summed E-state index contributed by atoms with van der Waals surface area (Å²) in [6.07, 6.45) is 0.759. The zero-order valence-corrected chi connectivity index (χ0v) is 13.8. The number of hydrogen-bond donors (Lipinski definition) is 1. The number of methoxy groups -OCH3 is 1. The fourth-order valence-electron chi connectivity index (χ4n) is 3.02. The van der Waals surface area contributed by atoms with Gasteiger partial charge in [0.2, 0.25) is 0 Å². The van der Waals surface area contributed by atoms with Gasteiger partial charge in [-0.15, -0.1) is 0 Å². The number of aromatic nitrogens is 2. The first-order valence-corrected chi connectivity index (χ1v) is 7.92. The van der Waals surface area contributed by atoms with E-state index in [9.17, 15) is 5.11 Å². The zero-order chi connectivity index (χ0) is 16.4. The standard InChI is InChI=1S/C19H22N2O2/c1-4-16(22)19-15(12-14-9-5-6-10-17(14)23-3)20-18-11-7-8-13(2)21(18)19/h5-11,16,22H,4,12H2,1-3H3. The van der Waals surface area contributed by atoms with E-state index in [-0.39, 0.29) is 0 Å². The molecule has 1 atom stereocenters. The van der Waals surface area contributed by atoms with Crippen LogP contribution in [-0.2, 0) is 6.42 Å². The number of fused-ring (bicyclic) bond motifs is 1. The maximum atomic E-state index is 10.5. The fraction of sp³-hybridized carbons (Fsp3) is 0.316. The molecule has 0 bridgehead atoms. The lowest BCUT2D eigenvalue weighted by Crippen LogP contribution is -2.06. The van der Waals surface area contributed by atoms with Crippen LogP contribution in [0.5, 0.6) is 5.75 Å². The Kier molecular flexibility index (Phi) is 4.35. The molecule has 0 radical (unpaired) electrons. The molecule has 4 nitrogen and oxygen atoms in total. The normalized spacial score (nSPS) is 12.5. The maximum absolute atomic E-state index is 10.5. The lowest BCUT2D eigenvalue weighted by atomic mass is 10.0. The summed E-state index contributed by atoms with van der Waals surface area (Å²) in [4.78, 5) is 4.76. The second-order valence-corrected chi connectivity index (χ2v) is 5.72. The minimum Gasteiger partial charge on any atom is -0.496 e. The summed E-state index contributed by atoms with van der Waals surface area (Å²) in [6.45, 7) is 4.02. The van der Waals surface area contributed by atoms with Gasteiger partial charge in [0, 0.05) is 17.7 Å². The molecule has 1 N–H and O–H groups in total. The first-order valence-electron chi connectivity index (χ1n) is 7.92. The molecule has 0 fully saturated rings. The number of nitrogens with zero attached hydrogens (tertiary/aromatic N) is 2. The predicted molar refractivity (Wildman–Crippen MR) is 91.0 cm³/mol. The molecule has 2 heterocycles. The lowest BCUT2D eigenvalue weighted by Gasteiger charge is -2.13. The number of pyridine rings is 1. The molecule has 23 heavy (non-hydrogen) atoms. The molecule has 0 aliphatic heterocycles. The number of imidazole rings is 1. The van der Waals surface area contributed by atoms with Gasteiger partial charge in [0.15, 0.2) is 0 Å². The van der Waals surface area contributed by atoms with Crippen molar-refractivity contribution in [2.75, 3.05) is 7.11 Å². The monoisotopic (exact) mass is 310 g/mol. The van der Waals surface area contributed by atoms with Gasteiger partial charge in [0.1, 0.15) is 11.4 Å². The Morgan fingerprint density at radius 1 is 1.17 bits per heavy atom. The number of para-hydroxylation sites is 1. The van der Waals surface area contributed by atoms with Crippen molar-refractivity contribution >= 4 is 5.65 Å². The molecule has 0 spiro atoms. The number of aliphatic hydroxyl groups excluding tert-OH is 1. The van der Waals surface area contributed by atoms with Gasteiger partial charge in [0.25, 0.3) is 0 Å². The molecule has 3 aromatic rings. The third-order valence-corrected chi connectivity index (χ3v) is 4.20.